The average Bonchev–Trinajstić information content (AvgIpc) is 2.93. The van der Waals surface area contributed by atoms with Crippen LogP contribution in [0.1, 0.15) is 43.7 Å². The summed E-state index contributed by atoms with van der Waals surface area (Å²) < 4.78 is 69.5. The van der Waals surface area contributed by atoms with Crippen LogP contribution in [0, 0.1) is 11.8 Å². The minimum atomic E-state index is -4.17. The Hall–Kier alpha value is -2.38. The molecule has 13 heteroatoms. The minimum absolute atomic E-state index is 0.0861. The van der Waals surface area contributed by atoms with Crippen molar-refractivity contribution >= 4 is 43.2 Å². The molecule has 3 atom stereocenters. The van der Waals surface area contributed by atoms with Crippen molar-refractivity contribution in [2.45, 2.75) is 55.8 Å². The van der Waals surface area contributed by atoms with Crippen LogP contribution < -0.4 is 14.4 Å². The second kappa shape index (κ2) is 12.1. The first-order valence-electron chi connectivity index (χ1n) is 13.8. The average molecular weight is 626 g/mol. The van der Waals surface area contributed by atoms with Crippen LogP contribution in [0.5, 0.6) is 5.75 Å². The zero-order valence-electron chi connectivity index (χ0n) is 23.2. The van der Waals surface area contributed by atoms with Gasteiger partial charge in [-0.2, -0.15) is 0 Å². The molecule has 10 nitrogen and oxygen atoms in total. The van der Waals surface area contributed by atoms with Crippen LogP contribution in [0.2, 0.25) is 5.02 Å². The summed E-state index contributed by atoms with van der Waals surface area (Å²) in [6.45, 7) is 2.92. The van der Waals surface area contributed by atoms with E-state index in [2.05, 4.69) is 4.72 Å². The van der Waals surface area contributed by atoms with Crippen LogP contribution in [-0.4, -0.2) is 65.8 Å². The summed E-state index contributed by atoms with van der Waals surface area (Å²) in [6.07, 6.45) is 2.66. The number of hydrogen-bond acceptors (Lipinski definition) is 8. The summed E-state index contributed by atoms with van der Waals surface area (Å²) in [5.41, 5.74) is 2.37. The molecule has 1 amide bonds. The van der Waals surface area contributed by atoms with Gasteiger partial charge < -0.3 is 14.4 Å². The van der Waals surface area contributed by atoms with Gasteiger partial charge in [0, 0.05) is 31.1 Å². The molecule has 3 aliphatic rings. The molecule has 0 saturated heterocycles. The lowest BCUT2D eigenvalue weighted by Crippen LogP contribution is -2.50. The molecule has 1 fully saturated rings. The number of fused-ring (bicyclic) bond motifs is 3. The largest absolute Gasteiger partial charge is 0.487 e. The lowest BCUT2D eigenvalue weighted by molar-refractivity contribution is -0.122. The van der Waals surface area contributed by atoms with E-state index in [0.717, 1.165) is 17.5 Å². The third-order valence-corrected chi connectivity index (χ3v) is 12.3. The van der Waals surface area contributed by atoms with Gasteiger partial charge in [-0.1, -0.05) is 24.6 Å². The van der Waals surface area contributed by atoms with Crippen LogP contribution in [0.3, 0.4) is 0 Å². The summed E-state index contributed by atoms with van der Waals surface area (Å²) in [7, 11) is -6.17. The molecule has 224 valence electrons. The molecule has 1 aliphatic carbocycles. The van der Waals surface area contributed by atoms with Crippen LogP contribution >= 0.6 is 11.6 Å². The molecule has 2 aromatic carbocycles. The quantitative estimate of drug-likeness (QED) is 0.472. The Morgan fingerprint density at radius 1 is 1.02 bits per heavy atom. The molecule has 2 bridgehead atoms. The Labute approximate surface area is 247 Å². The van der Waals surface area contributed by atoms with E-state index in [1.165, 1.54) is 16.4 Å². The van der Waals surface area contributed by atoms with Gasteiger partial charge in [-0.25, -0.2) is 25.9 Å². The van der Waals surface area contributed by atoms with Gasteiger partial charge in [0.25, 0.3) is 10.0 Å². The number of anilines is 1. The predicted molar refractivity (Wildman–Crippen MR) is 156 cm³/mol. The van der Waals surface area contributed by atoms with Crippen molar-refractivity contribution in [1.82, 2.24) is 9.03 Å². The van der Waals surface area contributed by atoms with E-state index in [9.17, 15) is 21.6 Å². The third-order valence-electron chi connectivity index (χ3n) is 8.31. The van der Waals surface area contributed by atoms with Gasteiger partial charge in [-0.3, -0.25) is 4.79 Å². The minimum Gasteiger partial charge on any atom is -0.487 e. The van der Waals surface area contributed by atoms with E-state index < -0.39 is 37.1 Å². The highest BCUT2D eigenvalue weighted by Gasteiger charge is 2.44. The van der Waals surface area contributed by atoms with E-state index in [4.69, 9.17) is 21.1 Å². The molecule has 2 heterocycles. The molecule has 5 rings (SSSR count). The maximum Gasteiger partial charge on any atom is 0.264 e. The van der Waals surface area contributed by atoms with Crippen LogP contribution in [0.15, 0.2) is 41.3 Å². The maximum absolute atomic E-state index is 13.5. The number of nitrogens with one attached hydrogen (secondary N) is 1. The molecular formula is C28H36ClN3O7S2. The fourth-order valence-corrected chi connectivity index (χ4v) is 8.84. The SMILES string of the molecule is C[C@@H]1CCCN(C)S(=O)(=O)[C@@H]2CC[C@H]2CN2COCCc3cc(Cl)ccc3COc3ccc(cc32)S(=O)(=O)NC1=O. The first-order valence-corrected chi connectivity index (χ1v) is 17.2. The van der Waals surface area contributed by atoms with Gasteiger partial charge in [0.2, 0.25) is 15.9 Å². The van der Waals surface area contributed by atoms with E-state index >= 15 is 0 Å². The van der Waals surface area contributed by atoms with Gasteiger partial charge >= 0.3 is 0 Å². The number of carbonyl (C=O) groups excluding carboxylic acids is 1. The molecule has 1 saturated carbocycles. The van der Waals surface area contributed by atoms with Gasteiger partial charge in [0.05, 0.1) is 22.4 Å². The Bertz CT molecular complexity index is 1520. The number of ether oxygens (including phenoxy) is 2. The lowest BCUT2D eigenvalue weighted by Gasteiger charge is -2.41. The first kappa shape index (κ1) is 30.1. The molecule has 1 N–H and O–H groups in total. The van der Waals surface area contributed by atoms with Crippen molar-refractivity contribution < 1.29 is 31.1 Å². The van der Waals surface area contributed by atoms with Crippen molar-refractivity contribution in [3.8, 4) is 5.75 Å². The predicted octanol–water partition coefficient (Wildman–Crippen LogP) is 3.53. The van der Waals surface area contributed by atoms with Crippen molar-refractivity contribution in [3.05, 3.63) is 52.5 Å². The van der Waals surface area contributed by atoms with Gasteiger partial charge in [0.1, 0.15) is 19.1 Å². The Kier molecular flexibility index (Phi) is 8.87. The number of sulfonamides is 2. The van der Waals surface area contributed by atoms with E-state index in [-0.39, 0.29) is 30.7 Å². The monoisotopic (exact) mass is 625 g/mol. The van der Waals surface area contributed by atoms with E-state index in [1.807, 2.05) is 17.0 Å². The number of nitrogens with zero attached hydrogens (tertiary/aromatic N) is 2. The number of carbonyl (C=O) groups is 1. The number of rotatable bonds is 0. The zero-order chi connectivity index (χ0) is 29.4. The number of benzene rings is 2. The Balaban J connectivity index is 1.57. The summed E-state index contributed by atoms with van der Waals surface area (Å²) in [5, 5.41) is 0.0556. The normalized spacial score (nSPS) is 27.1. The molecule has 41 heavy (non-hydrogen) atoms. The highest BCUT2D eigenvalue weighted by molar-refractivity contribution is 7.90. The van der Waals surface area contributed by atoms with E-state index in [0.29, 0.717) is 55.3 Å². The van der Waals surface area contributed by atoms with Crippen LogP contribution in [0.4, 0.5) is 5.69 Å². The first-order chi connectivity index (χ1) is 19.5. The zero-order valence-corrected chi connectivity index (χ0v) is 25.6. The molecule has 0 unspecified atom stereocenters. The molecule has 0 spiro atoms. The third kappa shape index (κ3) is 6.51. The number of amides is 1. The Morgan fingerprint density at radius 2 is 1.83 bits per heavy atom. The smallest absolute Gasteiger partial charge is 0.264 e. The van der Waals surface area contributed by atoms with Crippen molar-refractivity contribution in [3.63, 3.8) is 0 Å². The molecule has 0 aromatic heterocycles. The second-order valence-corrected chi connectivity index (χ2v) is 15.5. The standard InChI is InChI=1S/C28H36ClN3O7S2/c1-19-4-3-12-31(2)41(36,37)27-10-6-21(27)16-32-18-38-13-11-20-14-23(29)7-5-22(20)17-39-26-9-8-24(15-25(26)32)40(34,35)30-28(19)33/h5,7-9,14-15,19,21,27H,3-4,6,10-13,16-18H2,1-2H3,(H,30,33)/t19-,21+,27-/m1/s1. The van der Waals surface area contributed by atoms with Crippen molar-refractivity contribution in [2.24, 2.45) is 11.8 Å². The van der Waals surface area contributed by atoms with Gasteiger partial charge in [0.15, 0.2) is 0 Å². The molecule has 2 aliphatic heterocycles. The number of hydrogen-bond donors (Lipinski definition) is 1. The maximum atomic E-state index is 13.5. The molecule has 0 radical (unpaired) electrons. The van der Waals surface area contributed by atoms with Crippen molar-refractivity contribution in [2.75, 3.05) is 38.4 Å². The van der Waals surface area contributed by atoms with Crippen LogP contribution in [-0.2, 0) is 42.6 Å². The number of halogens is 1. The molecular weight excluding hydrogens is 590 g/mol. The topological polar surface area (TPSA) is 122 Å². The highest BCUT2D eigenvalue weighted by Crippen LogP contribution is 2.39. The van der Waals surface area contributed by atoms with Crippen LogP contribution in [0.25, 0.3) is 0 Å². The van der Waals surface area contributed by atoms with E-state index in [1.54, 1.807) is 26.1 Å². The highest BCUT2D eigenvalue weighted by atomic mass is 35.5. The fraction of sp³-hybridized carbons (Fsp3) is 0.536. The van der Waals surface area contributed by atoms with Gasteiger partial charge in [-0.15, -0.1) is 0 Å². The second-order valence-electron chi connectivity index (χ2n) is 11.1. The summed E-state index contributed by atoms with van der Waals surface area (Å²) in [5.74, 6) is -1.00. The molecule has 2 aromatic rings. The summed E-state index contributed by atoms with van der Waals surface area (Å²) >= 11 is 6.23. The summed E-state index contributed by atoms with van der Waals surface area (Å²) in [6, 6.07) is 10.0. The Morgan fingerprint density at radius 3 is 2.59 bits per heavy atom. The summed E-state index contributed by atoms with van der Waals surface area (Å²) in [4.78, 5) is 14.6. The van der Waals surface area contributed by atoms with Gasteiger partial charge in [-0.05, 0) is 79.5 Å². The van der Waals surface area contributed by atoms with Crippen molar-refractivity contribution in [1.29, 1.82) is 0 Å². The lowest BCUT2D eigenvalue weighted by atomic mass is 9.84. The fourth-order valence-electron chi connectivity index (χ4n) is 5.56.